The first-order valence-corrected chi connectivity index (χ1v) is 7.35. The fourth-order valence-electron chi connectivity index (χ4n) is 2.68. The Hall–Kier alpha value is -0.340. The molecule has 2 heteroatoms. The summed E-state index contributed by atoms with van der Waals surface area (Å²) in [7, 11) is 0. The second-order valence-corrected chi connectivity index (χ2v) is 6.26. The number of nitrogens with one attached hydrogen (secondary N) is 1. The van der Waals surface area contributed by atoms with Crippen LogP contribution in [0.15, 0.2) is 11.4 Å². The van der Waals surface area contributed by atoms with Crippen molar-refractivity contribution in [1.82, 2.24) is 5.32 Å². The van der Waals surface area contributed by atoms with Crippen LogP contribution in [0.1, 0.15) is 56.0 Å². The van der Waals surface area contributed by atoms with Crippen LogP contribution in [0.4, 0.5) is 0 Å². The summed E-state index contributed by atoms with van der Waals surface area (Å²) in [6.45, 7) is 6.90. The van der Waals surface area contributed by atoms with Gasteiger partial charge in [-0.25, -0.2) is 0 Å². The molecule has 16 heavy (non-hydrogen) atoms. The van der Waals surface area contributed by atoms with E-state index >= 15 is 0 Å². The van der Waals surface area contributed by atoms with Crippen molar-refractivity contribution >= 4 is 11.3 Å². The lowest BCUT2D eigenvalue weighted by molar-refractivity contribution is 0.292. The van der Waals surface area contributed by atoms with Crippen molar-refractivity contribution in [3.05, 3.63) is 21.9 Å². The highest BCUT2D eigenvalue weighted by Gasteiger charge is 2.20. The first-order valence-electron chi connectivity index (χ1n) is 6.47. The second-order valence-electron chi connectivity index (χ2n) is 5.31. The third-order valence-electron chi connectivity index (χ3n) is 3.80. The summed E-state index contributed by atoms with van der Waals surface area (Å²) >= 11 is 1.88. The molecule has 90 valence electrons. The number of aryl methyl sites for hydroxylation is 1. The zero-order chi connectivity index (χ0) is 11.5. The van der Waals surface area contributed by atoms with E-state index in [4.69, 9.17) is 0 Å². The molecule has 1 aromatic heterocycles. The third kappa shape index (κ3) is 2.86. The van der Waals surface area contributed by atoms with Crippen molar-refractivity contribution in [3.63, 3.8) is 0 Å². The highest BCUT2D eigenvalue weighted by molar-refractivity contribution is 7.10. The molecule has 0 radical (unpaired) electrons. The number of rotatable bonds is 3. The van der Waals surface area contributed by atoms with Gasteiger partial charge in [-0.1, -0.05) is 6.92 Å². The van der Waals surface area contributed by atoms with E-state index < -0.39 is 0 Å². The lowest BCUT2D eigenvalue weighted by Crippen LogP contribution is -2.34. The fraction of sp³-hybridized carbons (Fsp3) is 0.714. The highest BCUT2D eigenvalue weighted by atomic mass is 32.1. The van der Waals surface area contributed by atoms with Crippen LogP contribution in [0.5, 0.6) is 0 Å². The van der Waals surface area contributed by atoms with Crippen LogP contribution in [0.2, 0.25) is 0 Å². The molecule has 1 fully saturated rings. The van der Waals surface area contributed by atoms with Crippen LogP contribution < -0.4 is 5.32 Å². The van der Waals surface area contributed by atoms with Crippen molar-refractivity contribution in [1.29, 1.82) is 0 Å². The molecule has 1 N–H and O–H groups in total. The zero-order valence-corrected chi connectivity index (χ0v) is 11.4. The molecule has 0 saturated heterocycles. The van der Waals surface area contributed by atoms with Crippen LogP contribution in [0.25, 0.3) is 0 Å². The molecular formula is C14H23NS. The lowest BCUT2D eigenvalue weighted by Gasteiger charge is -2.29. The van der Waals surface area contributed by atoms with Crippen LogP contribution >= 0.6 is 11.3 Å². The van der Waals surface area contributed by atoms with E-state index in [-0.39, 0.29) is 0 Å². The van der Waals surface area contributed by atoms with Gasteiger partial charge >= 0.3 is 0 Å². The molecule has 1 heterocycles. The van der Waals surface area contributed by atoms with Gasteiger partial charge in [0.25, 0.3) is 0 Å². The predicted molar refractivity (Wildman–Crippen MR) is 72.0 cm³/mol. The Bertz CT molecular complexity index is 323. The summed E-state index contributed by atoms with van der Waals surface area (Å²) in [6.07, 6.45) is 5.51. The first kappa shape index (κ1) is 12.1. The molecular weight excluding hydrogens is 214 g/mol. The molecule has 0 aliphatic heterocycles. The Balaban J connectivity index is 1.88. The van der Waals surface area contributed by atoms with Crippen molar-refractivity contribution in [2.75, 3.05) is 0 Å². The number of thiophene rings is 1. The van der Waals surface area contributed by atoms with Gasteiger partial charge in [0, 0.05) is 17.0 Å². The average Bonchev–Trinajstić information content (AvgIpc) is 2.68. The van der Waals surface area contributed by atoms with Crippen LogP contribution in [-0.2, 0) is 0 Å². The monoisotopic (exact) mass is 237 g/mol. The quantitative estimate of drug-likeness (QED) is 0.827. The van der Waals surface area contributed by atoms with Crippen LogP contribution in [0, 0.1) is 12.8 Å². The van der Waals surface area contributed by atoms with E-state index in [1.807, 2.05) is 11.3 Å². The molecule has 1 aliphatic rings. The standard InChI is InChI=1S/C14H23NS/c1-10-4-6-13(7-5-10)15-12(3)14-11(2)8-9-16-14/h8-10,12-13,15H,4-7H2,1-3H3. The molecule has 1 saturated carbocycles. The highest BCUT2D eigenvalue weighted by Crippen LogP contribution is 2.28. The summed E-state index contributed by atoms with van der Waals surface area (Å²) in [5.41, 5.74) is 1.44. The Morgan fingerprint density at radius 1 is 1.31 bits per heavy atom. The minimum absolute atomic E-state index is 0.526. The molecule has 1 nitrogen and oxygen atoms in total. The van der Waals surface area contributed by atoms with Crippen molar-refractivity contribution in [2.24, 2.45) is 5.92 Å². The van der Waals surface area contributed by atoms with E-state index in [2.05, 4.69) is 37.5 Å². The van der Waals surface area contributed by atoms with Crippen LogP contribution in [-0.4, -0.2) is 6.04 Å². The van der Waals surface area contributed by atoms with Gasteiger partial charge in [0.15, 0.2) is 0 Å². The molecule has 0 aromatic carbocycles. The predicted octanol–water partition coefficient (Wildman–Crippen LogP) is 4.29. The average molecular weight is 237 g/mol. The van der Waals surface area contributed by atoms with E-state index in [1.165, 1.54) is 36.1 Å². The van der Waals surface area contributed by atoms with E-state index in [0.717, 1.165) is 12.0 Å². The SMILES string of the molecule is Cc1ccsc1C(C)NC1CCC(C)CC1. The normalized spacial score (nSPS) is 27.9. The van der Waals surface area contributed by atoms with E-state index in [1.54, 1.807) is 0 Å². The smallest absolute Gasteiger partial charge is 0.0390 e. The van der Waals surface area contributed by atoms with Crippen molar-refractivity contribution < 1.29 is 0 Å². The summed E-state index contributed by atoms with van der Waals surface area (Å²) in [5.74, 6) is 0.942. The maximum Gasteiger partial charge on any atom is 0.0390 e. The topological polar surface area (TPSA) is 12.0 Å². The molecule has 0 spiro atoms. The molecule has 1 aliphatic carbocycles. The fourth-order valence-corrected chi connectivity index (χ4v) is 3.63. The Morgan fingerprint density at radius 2 is 2.00 bits per heavy atom. The van der Waals surface area contributed by atoms with Gasteiger partial charge in [-0.05, 0) is 62.5 Å². The van der Waals surface area contributed by atoms with Gasteiger partial charge < -0.3 is 5.32 Å². The molecule has 0 bridgehead atoms. The maximum atomic E-state index is 3.79. The Labute approximate surface area is 103 Å². The van der Waals surface area contributed by atoms with Gasteiger partial charge in [-0.15, -0.1) is 11.3 Å². The summed E-state index contributed by atoms with van der Waals surface area (Å²) in [5, 5.41) is 5.99. The molecule has 1 unspecified atom stereocenters. The molecule has 2 rings (SSSR count). The van der Waals surface area contributed by atoms with Crippen molar-refractivity contribution in [2.45, 2.75) is 58.5 Å². The minimum Gasteiger partial charge on any atom is -0.307 e. The Morgan fingerprint density at radius 3 is 2.56 bits per heavy atom. The van der Waals surface area contributed by atoms with Gasteiger partial charge in [-0.2, -0.15) is 0 Å². The van der Waals surface area contributed by atoms with Gasteiger partial charge in [0.1, 0.15) is 0 Å². The summed E-state index contributed by atoms with van der Waals surface area (Å²) in [6, 6.07) is 3.49. The van der Waals surface area contributed by atoms with Gasteiger partial charge in [0.05, 0.1) is 0 Å². The molecule has 1 aromatic rings. The van der Waals surface area contributed by atoms with E-state index in [0.29, 0.717) is 6.04 Å². The first-order chi connectivity index (χ1) is 7.66. The number of hydrogen-bond donors (Lipinski definition) is 1. The van der Waals surface area contributed by atoms with E-state index in [9.17, 15) is 0 Å². The minimum atomic E-state index is 0.526. The maximum absolute atomic E-state index is 3.79. The Kier molecular flexibility index (Phi) is 4.04. The molecule has 1 atom stereocenters. The van der Waals surface area contributed by atoms with Crippen LogP contribution in [0.3, 0.4) is 0 Å². The number of hydrogen-bond acceptors (Lipinski definition) is 2. The van der Waals surface area contributed by atoms with Gasteiger partial charge in [0.2, 0.25) is 0 Å². The third-order valence-corrected chi connectivity index (χ3v) is 5.00. The lowest BCUT2D eigenvalue weighted by atomic mass is 9.87. The molecule has 0 amide bonds. The van der Waals surface area contributed by atoms with Crippen molar-refractivity contribution in [3.8, 4) is 0 Å². The largest absolute Gasteiger partial charge is 0.307 e. The van der Waals surface area contributed by atoms with Gasteiger partial charge in [-0.3, -0.25) is 0 Å². The summed E-state index contributed by atoms with van der Waals surface area (Å²) < 4.78 is 0. The summed E-state index contributed by atoms with van der Waals surface area (Å²) in [4.78, 5) is 1.51. The second kappa shape index (κ2) is 5.33. The zero-order valence-electron chi connectivity index (χ0n) is 10.6.